The fourth-order valence-electron chi connectivity index (χ4n) is 3.06. The largest absolute Gasteiger partial charge is 0.464 e. The summed E-state index contributed by atoms with van der Waals surface area (Å²) in [7, 11) is 1.29. The molecule has 1 aromatic carbocycles. The van der Waals surface area contributed by atoms with E-state index in [1.54, 1.807) is 12.1 Å². The molecule has 0 aliphatic carbocycles. The molecule has 9 heteroatoms. The zero-order valence-electron chi connectivity index (χ0n) is 15.2. The molecular weight excluding hydrogens is 382 g/mol. The number of carbonyl (C=O) groups excluding carboxylic acids is 1. The van der Waals surface area contributed by atoms with Crippen LogP contribution in [0.25, 0.3) is 22.3 Å². The molecule has 1 aliphatic heterocycles. The van der Waals surface area contributed by atoms with Crippen LogP contribution in [0.4, 0.5) is 11.6 Å². The number of hydrogen-bond donors (Lipinski definition) is 1. The van der Waals surface area contributed by atoms with Gasteiger partial charge in [-0.1, -0.05) is 23.7 Å². The van der Waals surface area contributed by atoms with E-state index in [-0.39, 0.29) is 5.69 Å². The van der Waals surface area contributed by atoms with E-state index in [4.69, 9.17) is 31.8 Å². The van der Waals surface area contributed by atoms with Crippen molar-refractivity contribution in [3.8, 4) is 11.3 Å². The average molecular weight is 400 g/mol. The lowest BCUT2D eigenvalue weighted by Gasteiger charge is -2.27. The minimum Gasteiger partial charge on any atom is -0.464 e. The normalized spacial score (nSPS) is 14.3. The Morgan fingerprint density at radius 1 is 1.18 bits per heavy atom. The smallest absolute Gasteiger partial charge is 0.356 e. The fraction of sp³-hybridized carbons (Fsp3) is 0.263. The second-order valence-electron chi connectivity index (χ2n) is 6.28. The first-order valence-corrected chi connectivity index (χ1v) is 9.10. The number of morpholine rings is 1. The van der Waals surface area contributed by atoms with Crippen LogP contribution in [0.1, 0.15) is 10.5 Å². The molecule has 0 amide bonds. The van der Waals surface area contributed by atoms with Crippen molar-refractivity contribution in [1.82, 2.24) is 15.0 Å². The van der Waals surface area contributed by atoms with Crippen LogP contribution in [0.15, 0.2) is 30.3 Å². The van der Waals surface area contributed by atoms with Crippen LogP contribution in [0.3, 0.4) is 0 Å². The Morgan fingerprint density at radius 2 is 1.96 bits per heavy atom. The van der Waals surface area contributed by atoms with Crippen LogP contribution < -0.4 is 10.6 Å². The SMILES string of the molecule is COC(=O)c1cc(Cl)c2nc(N3CCOCC3)nc(-c3cccc(N)c3)c2n1. The Hall–Kier alpha value is -2.97. The number of nitrogens with zero attached hydrogens (tertiary/aromatic N) is 4. The van der Waals surface area contributed by atoms with Gasteiger partial charge in [-0.2, -0.15) is 0 Å². The summed E-state index contributed by atoms with van der Waals surface area (Å²) in [5.74, 6) is -0.0534. The van der Waals surface area contributed by atoms with Crippen LogP contribution in [-0.2, 0) is 9.47 Å². The lowest BCUT2D eigenvalue weighted by Crippen LogP contribution is -2.37. The molecule has 3 heterocycles. The number of nitrogens with two attached hydrogens (primary N) is 1. The highest BCUT2D eigenvalue weighted by Gasteiger charge is 2.21. The first-order chi connectivity index (χ1) is 13.6. The zero-order valence-corrected chi connectivity index (χ0v) is 15.9. The Bertz CT molecular complexity index is 1050. The highest BCUT2D eigenvalue weighted by atomic mass is 35.5. The third kappa shape index (κ3) is 3.44. The Labute approximate surface area is 166 Å². The summed E-state index contributed by atoms with van der Waals surface area (Å²) in [5.41, 5.74) is 8.82. The van der Waals surface area contributed by atoms with Crippen LogP contribution in [0, 0.1) is 0 Å². The second-order valence-corrected chi connectivity index (χ2v) is 6.68. The van der Waals surface area contributed by atoms with Crippen molar-refractivity contribution >= 4 is 40.2 Å². The van der Waals surface area contributed by atoms with Crippen molar-refractivity contribution in [3.63, 3.8) is 0 Å². The van der Waals surface area contributed by atoms with Gasteiger partial charge in [0.2, 0.25) is 5.95 Å². The third-order valence-corrected chi connectivity index (χ3v) is 4.73. The van der Waals surface area contributed by atoms with Gasteiger partial charge in [0.25, 0.3) is 0 Å². The Balaban J connectivity index is 1.98. The number of carbonyl (C=O) groups is 1. The van der Waals surface area contributed by atoms with Crippen molar-refractivity contribution in [2.75, 3.05) is 44.0 Å². The van der Waals surface area contributed by atoms with Crippen molar-refractivity contribution in [3.05, 3.63) is 41.0 Å². The maximum absolute atomic E-state index is 12.0. The first-order valence-electron chi connectivity index (χ1n) is 8.72. The summed E-state index contributed by atoms with van der Waals surface area (Å²) in [4.78, 5) is 27.8. The molecule has 1 aliphatic rings. The molecule has 144 valence electrons. The molecule has 0 radical (unpaired) electrons. The van der Waals surface area contributed by atoms with Crippen molar-refractivity contribution in [2.24, 2.45) is 0 Å². The van der Waals surface area contributed by atoms with Gasteiger partial charge < -0.3 is 20.1 Å². The number of hydrogen-bond acceptors (Lipinski definition) is 8. The number of nitrogen functional groups attached to an aromatic ring is 1. The van der Waals surface area contributed by atoms with Gasteiger partial charge in [-0.3, -0.25) is 0 Å². The van der Waals surface area contributed by atoms with Gasteiger partial charge in [-0.25, -0.2) is 19.7 Å². The van der Waals surface area contributed by atoms with E-state index in [0.717, 1.165) is 5.56 Å². The summed E-state index contributed by atoms with van der Waals surface area (Å²) in [6.45, 7) is 2.55. The van der Waals surface area contributed by atoms with Gasteiger partial charge in [-0.05, 0) is 18.2 Å². The van der Waals surface area contributed by atoms with Gasteiger partial charge in [-0.15, -0.1) is 0 Å². The van der Waals surface area contributed by atoms with E-state index >= 15 is 0 Å². The molecule has 2 N–H and O–H groups in total. The maximum atomic E-state index is 12.0. The van der Waals surface area contributed by atoms with Gasteiger partial charge in [0.05, 0.1) is 25.3 Å². The molecule has 0 bridgehead atoms. The molecule has 1 fully saturated rings. The number of methoxy groups -OCH3 is 1. The minimum absolute atomic E-state index is 0.0906. The van der Waals surface area contributed by atoms with Crippen LogP contribution in [0.2, 0.25) is 5.02 Å². The number of anilines is 2. The summed E-state index contributed by atoms with van der Waals surface area (Å²) in [5, 5.41) is 0.299. The maximum Gasteiger partial charge on any atom is 0.356 e. The molecule has 28 heavy (non-hydrogen) atoms. The number of benzene rings is 1. The lowest BCUT2D eigenvalue weighted by molar-refractivity contribution is 0.0594. The van der Waals surface area contributed by atoms with E-state index in [2.05, 4.69) is 9.97 Å². The molecule has 1 saturated heterocycles. The number of halogens is 1. The van der Waals surface area contributed by atoms with E-state index < -0.39 is 5.97 Å². The fourth-order valence-corrected chi connectivity index (χ4v) is 3.29. The second kappa shape index (κ2) is 7.57. The van der Waals surface area contributed by atoms with Crippen LogP contribution in [-0.4, -0.2) is 54.3 Å². The Kier molecular flexibility index (Phi) is 4.97. The molecule has 4 rings (SSSR count). The summed E-state index contributed by atoms with van der Waals surface area (Å²) < 4.78 is 10.2. The molecular formula is C19H18ClN5O3. The summed E-state index contributed by atoms with van der Waals surface area (Å²) in [6.07, 6.45) is 0. The third-order valence-electron chi connectivity index (χ3n) is 4.44. The Morgan fingerprint density at radius 3 is 2.68 bits per heavy atom. The number of rotatable bonds is 3. The standard InChI is InChI=1S/C19H18ClN5O3/c1-27-18(26)14-10-13(20)16-17(22-14)15(11-3-2-4-12(21)9-11)23-19(24-16)25-5-7-28-8-6-25/h2-4,9-10H,5-8,21H2,1H3. The predicted molar refractivity (Wildman–Crippen MR) is 107 cm³/mol. The van der Waals surface area contributed by atoms with Crippen molar-refractivity contribution in [1.29, 1.82) is 0 Å². The highest BCUT2D eigenvalue weighted by Crippen LogP contribution is 2.32. The minimum atomic E-state index is -0.584. The van der Waals surface area contributed by atoms with Gasteiger partial charge in [0.15, 0.2) is 5.69 Å². The zero-order chi connectivity index (χ0) is 19.7. The number of pyridine rings is 1. The predicted octanol–water partition coefficient (Wildman–Crippen LogP) is 2.55. The number of fused-ring (bicyclic) bond motifs is 1. The van der Waals surface area contributed by atoms with E-state index in [1.807, 2.05) is 17.0 Å². The molecule has 2 aromatic heterocycles. The average Bonchev–Trinajstić information content (AvgIpc) is 2.73. The molecule has 3 aromatic rings. The van der Waals surface area contributed by atoms with Crippen molar-refractivity contribution < 1.29 is 14.3 Å². The summed E-state index contributed by atoms with van der Waals surface area (Å²) >= 11 is 6.46. The van der Waals surface area contributed by atoms with Gasteiger partial charge >= 0.3 is 5.97 Å². The monoisotopic (exact) mass is 399 g/mol. The quantitative estimate of drug-likeness (QED) is 0.529. The number of aromatic nitrogens is 3. The molecule has 8 nitrogen and oxygen atoms in total. The van der Waals surface area contributed by atoms with E-state index in [9.17, 15) is 4.79 Å². The number of ether oxygens (including phenoxy) is 2. The molecule has 0 saturated carbocycles. The number of esters is 1. The molecule has 0 atom stereocenters. The molecule has 0 spiro atoms. The van der Waals surface area contributed by atoms with Gasteiger partial charge in [0, 0.05) is 24.3 Å². The van der Waals surface area contributed by atoms with Gasteiger partial charge in [0.1, 0.15) is 16.7 Å². The highest BCUT2D eigenvalue weighted by molar-refractivity contribution is 6.35. The molecule has 0 unspecified atom stereocenters. The van der Waals surface area contributed by atoms with Crippen LogP contribution in [0.5, 0.6) is 0 Å². The van der Waals surface area contributed by atoms with E-state index in [0.29, 0.717) is 59.7 Å². The lowest BCUT2D eigenvalue weighted by atomic mass is 10.1. The topological polar surface area (TPSA) is 103 Å². The summed E-state index contributed by atoms with van der Waals surface area (Å²) in [6, 6.07) is 8.75. The van der Waals surface area contributed by atoms with E-state index in [1.165, 1.54) is 13.2 Å². The van der Waals surface area contributed by atoms with Crippen molar-refractivity contribution in [2.45, 2.75) is 0 Å². The van der Waals surface area contributed by atoms with Crippen LogP contribution >= 0.6 is 11.6 Å². The first kappa shape index (κ1) is 18.4.